The molecule has 6 nitrogen and oxygen atoms in total. The maximum absolute atomic E-state index is 11.2. The Morgan fingerprint density at radius 1 is 1.40 bits per heavy atom. The standard InChI is InChI=1S/C14H20N2O4/c1-14(17)6-3-8-15(9-7-14)13-10-11(20-2)4-5-12(13)16(18)19/h4-5,10,17H,3,6-9H2,1-2H3. The molecule has 1 saturated heterocycles. The van der Waals surface area contributed by atoms with E-state index in [0.717, 1.165) is 6.42 Å². The number of methoxy groups -OCH3 is 1. The normalized spacial score (nSPS) is 23.2. The Morgan fingerprint density at radius 3 is 2.80 bits per heavy atom. The van der Waals surface area contributed by atoms with Crippen LogP contribution in [0.5, 0.6) is 5.75 Å². The van der Waals surface area contributed by atoms with Gasteiger partial charge in [-0.3, -0.25) is 10.1 Å². The van der Waals surface area contributed by atoms with Crippen molar-refractivity contribution in [3.63, 3.8) is 0 Å². The third kappa shape index (κ3) is 3.19. The van der Waals surface area contributed by atoms with E-state index < -0.39 is 5.60 Å². The number of anilines is 1. The average molecular weight is 280 g/mol. The fourth-order valence-corrected chi connectivity index (χ4v) is 2.54. The molecule has 1 aromatic rings. The smallest absolute Gasteiger partial charge is 0.292 e. The minimum absolute atomic E-state index is 0.0762. The summed E-state index contributed by atoms with van der Waals surface area (Å²) in [6, 6.07) is 4.75. The van der Waals surface area contributed by atoms with Crippen LogP contribution in [0.25, 0.3) is 0 Å². The van der Waals surface area contributed by atoms with Crippen molar-refractivity contribution < 1.29 is 14.8 Å². The molecular formula is C14H20N2O4. The van der Waals surface area contributed by atoms with E-state index >= 15 is 0 Å². The van der Waals surface area contributed by atoms with Gasteiger partial charge in [-0.05, 0) is 32.3 Å². The van der Waals surface area contributed by atoms with E-state index in [-0.39, 0.29) is 10.6 Å². The fourth-order valence-electron chi connectivity index (χ4n) is 2.54. The predicted molar refractivity (Wildman–Crippen MR) is 76.3 cm³/mol. The van der Waals surface area contributed by atoms with Crippen LogP contribution < -0.4 is 9.64 Å². The topological polar surface area (TPSA) is 75.8 Å². The van der Waals surface area contributed by atoms with Gasteiger partial charge in [0.05, 0.1) is 17.6 Å². The molecule has 110 valence electrons. The maximum Gasteiger partial charge on any atom is 0.292 e. The molecule has 0 aromatic heterocycles. The summed E-state index contributed by atoms with van der Waals surface area (Å²) in [5, 5.41) is 21.3. The molecule has 0 spiro atoms. The van der Waals surface area contributed by atoms with Gasteiger partial charge in [0.1, 0.15) is 11.4 Å². The highest BCUT2D eigenvalue weighted by Crippen LogP contribution is 2.34. The first kappa shape index (κ1) is 14.6. The van der Waals surface area contributed by atoms with Crippen LogP contribution in [-0.2, 0) is 0 Å². The summed E-state index contributed by atoms with van der Waals surface area (Å²) in [4.78, 5) is 12.7. The number of rotatable bonds is 3. The van der Waals surface area contributed by atoms with Crippen molar-refractivity contribution in [3.8, 4) is 5.75 Å². The molecular weight excluding hydrogens is 260 g/mol. The summed E-state index contributed by atoms with van der Waals surface area (Å²) in [6.45, 7) is 3.11. The molecule has 1 fully saturated rings. The molecule has 1 aliphatic rings. The first-order valence-corrected chi connectivity index (χ1v) is 6.73. The largest absolute Gasteiger partial charge is 0.497 e. The quantitative estimate of drug-likeness (QED) is 0.679. The number of hydrogen-bond donors (Lipinski definition) is 1. The zero-order valence-electron chi connectivity index (χ0n) is 11.8. The number of nitro benzene ring substituents is 1. The summed E-state index contributed by atoms with van der Waals surface area (Å²) in [5.74, 6) is 0.599. The van der Waals surface area contributed by atoms with Crippen molar-refractivity contribution in [1.82, 2.24) is 0 Å². The summed E-state index contributed by atoms with van der Waals surface area (Å²) >= 11 is 0. The van der Waals surface area contributed by atoms with Crippen molar-refractivity contribution in [2.75, 3.05) is 25.1 Å². The molecule has 0 radical (unpaired) electrons. The zero-order valence-corrected chi connectivity index (χ0v) is 11.8. The lowest BCUT2D eigenvalue weighted by atomic mass is 9.98. The Hall–Kier alpha value is -1.82. The lowest BCUT2D eigenvalue weighted by Crippen LogP contribution is -2.28. The summed E-state index contributed by atoms with van der Waals surface area (Å²) in [7, 11) is 1.54. The van der Waals surface area contributed by atoms with E-state index in [4.69, 9.17) is 4.74 Å². The van der Waals surface area contributed by atoms with Gasteiger partial charge < -0.3 is 14.7 Å². The van der Waals surface area contributed by atoms with E-state index in [9.17, 15) is 15.2 Å². The minimum atomic E-state index is -0.692. The third-order valence-corrected chi connectivity index (χ3v) is 3.78. The van der Waals surface area contributed by atoms with Gasteiger partial charge in [-0.1, -0.05) is 0 Å². The van der Waals surface area contributed by atoms with Crippen LogP contribution >= 0.6 is 0 Å². The molecule has 2 rings (SSSR count). The van der Waals surface area contributed by atoms with Crippen molar-refractivity contribution in [1.29, 1.82) is 0 Å². The highest BCUT2D eigenvalue weighted by Gasteiger charge is 2.28. The van der Waals surface area contributed by atoms with Crippen LogP contribution in [0.1, 0.15) is 26.2 Å². The van der Waals surface area contributed by atoms with Gasteiger partial charge in [0, 0.05) is 25.2 Å². The fraction of sp³-hybridized carbons (Fsp3) is 0.571. The average Bonchev–Trinajstić information content (AvgIpc) is 2.58. The highest BCUT2D eigenvalue weighted by molar-refractivity contribution is 5.66. The molecule has 1 N–H and O–H groups in total. The molecule has 6 heteroatoms. The van der Waals surface area contributed by atoms with E-state index in [0.29, 0.717) is 37.4 Å². The lowest BCUT2D eigenvalue weighted by molar-refractivity contribution is -0.384. The maximum atomic E-state index is 11.2. The zero-order chi connectivity index (χ0) is 14.8. The SMILES string of the molecule is COc1ccc([N+](=O)[O-])c(N2CCCC(C)(O)CC2)c1. The lowest BCUT2D eigenvalue weighted by Gasteiger charge is -2.24. The van der Waals surface area contributed by atoms with Gasteiger partial charge in [0.15, 0.2) is 0 Å². The van der Waals surface area contributed by atoms with E-state index in [2.05, 4.69) is 0 Å². The molecule has 1 aromatic carbocycles. The highest BCUT2D eigenvalue weighted by atomic mass is 16.6. The number of aliphatic hydroxyl groups is 1. The molecule has 20 heavy (non-hydrogen) atoms. The summed E-state index contributed by atoms with van der Waals surface area (Å²) in [6.07, 6.45) is 2.12. The molecule has 0 aliphatic carbocycles. The van der Waals surface area contributed by atoms with Gasteiger partial charge in [0.25, 0.3) is 5.69 Å². The Balaban J connectivity index is 2.32. The van der Waals surface area contributed by atoms with Crippen LogP contribution in [0, 0.1) is 10.1 Å². The van der Waals surface area contributed by atoms with Crippen LogP contribution in [-0.4, -0.2) is 35.8 Å². The number of ether oxygens (including phenoxy) is 1. The van der Waals surface area contributed by atoms with Gasteiger partial charge >= 0.3 is 0 Å². The van der Waals surface area contributed by atoms with Gasteiger partial charge in [-0.25, -0.2) is 0 Å². The summed E-state index contributed by atoms with van der Waals surface area (Å²) in [5.41, 5.74) is -0.0537. The molecule has 0 saturated carbocycles. The molecule has 0 amide bonds. The molecule has 1 atom stereocenters. The Morgan fingerprint density at radius 2 is 2.15 bits per heavy atom. The second-order valence-corrected chi connectivity index (χ2v) is 5.45. The van der Waals surface area contributed by atoms with Crippen LogP contribution in [0.3, 0.4) is 0 Å². The van der Waals surface area contributed by atoms with Crippen LogP contribution in [0.4, 0.5) is 11.4 Å². The van der Waals surface area contributed by atoms with E-state index in [1.165, 1.54) is 13.2 Å². The second-order valence-electron chi connectivity index (χ2n) is 5.45. The molecule has 1 aliphatic heterocycles. The van der Waals surface area contributed by atoms with Crippen molar-refractivity contribution in [2.45, 2.75) is 31.8 Å². The number of nitro groups is 1. The van der Waals surface area contributed by atoms with Crippen molar-refractivity contribution in [2.24, 2.45) is 0 Å². The van der Waals surface area contributed by atoms with Crippen LogP contribution in [0.2, 0.25) is 0 Å². The number of benzene rings is 1. The predicted octanol–water partition coefficient (Wildman–Crippen LogP) is 2.34. The Bertz CT molecular complexity index is 502. The molecule has 1 unspecified atom stereocenters. The minimum Gasteiger partial charge on any atom is -0.497 e. The van der Waals surface area contributed by atoms with Crippen molar-refractivity contribution in [3.05, 3.63) is 28.3 Å². The second kappa shape index (κ2) is 5.66. The third-order valence-electron chi connectivity index (χ3n) is 3.78. The molecule has 1 heterocycles. The van der Waals surface area contributed by atoms with E-state index in [1.807, 2.05) is 11.8 Å². The Kier molecular flexibility index (Phi) is 4.13. The molecule has 0 bridgehead atoms. The van der Waals surface area contributed by atoms with E-state index in [1.54, 1.807) is 12.1 Å². The van der Waals surface area contributed by atoms with Gasteiger partial charge in [-0.2, -0.15) is 0 Å². The van der Waals surface area contributed by atoms with Crippen molar-refractivity contribution >= 4 is 11.4 Å². The number of hydrogen-bond acceptors (Lipinski definition) is 5. The van der Waals surface area contributed by atoms with Gasteiger partial charge in [-0.15, -0.1) is 0 Å². The number of nitrogens with zero attached hydrogens (tertiary/aromatic N) is 2. The van der Waals surface area contributed by atoms with Crippen LogP contribution in [0.15, 0.2) is 18.2 Å². The summed E-state index contributed by atoms with van der Waals surface area (Å²) < 4.78 is 5.15. The first-order valence-electron chi connectivity index (χ1n) is 6.73. The monoisotopic (exact) mass is 280 g/mol. The van der Waals surface area contributed by atoms with Gasteiger partial charge in [0.2, 0.25) is 0 Å². The Labute approximate surface area is 118 Å². The first-order chi connectivity index (χ1) is 9.43.